The topological polar surface area (TPSA) is 81.0 Å². The van der Waals surface area contributed by atoms with Crippen LogP contribution in [0.15, 0.2) is 65.3 Å². The van der Waals surface area contributed by atoms with Crippen LogP contribution in [0.3, 0.4) is 0 Å². The highest BCUT2D eigenvalue weighted by Gasteiger charge is 2.36. The first-order valence-corrected chi connectivity index (χ1v) is 11.8. The Bertz CT molecular complexity index is 1160. The van der Waals surface area contributed by atoms with E-state index in [9.17, 15) is 9.59 Å². The molecule has 2 aliphatic rings. The number of amides is 2. The van der Waals surface area contributed by atoms with Gasteiger partial charge in [-0.2, -0.15) is 0 Å². The van der Waals surface area contributed by atoms with E-state index in [0.29, 0.717) is 27.8 Å². The third-order valence-corrected chi connectivity index (χ3v) is 6.48. The number of anilines is 1. The Kier molecular flexibility index (Phi) is 6.45. The van der Waals surface area contributed by atoms with E-state index in [1.54, 1.807) is 54.6 Å². The summed E-state index contributed by atoms with van der Waals surface area (Å²) < 4.78 is 16.4. The third kappa shape index (κ3) is 4.61. The maximum Gasteiger partial charge on any atom is 0.294 e. The zero-order valence-electron chi connectivity index (χ0n) is 18.5. The highest BCUT2D eigenvalue weighted by Crippen LogP contribution is 2.39. The van der Waals surface area contributed by atoms with Gasteiger partial charge in [-0.05, 0) is 54.8 Å². The molecule has 1 unspecified atom stereocenters. The van der Waals surface area contributed by atoms with Gasteiger partial charge in [0.2, 0.25) is 12.7 Å². The predicted octanol–water partition coefficient (Wildman–Crippen LogP) is 5.50. The van der Waals surface area contributed by atoms with Gasteiger partial charge in [0.25, 0.3) is 5.91 Å². The predicted molar refractivity (Wildman–Crippen MR) is 127 cm³/mol. The minimum Gasteiger partial charge on any atom is -0.459 e. The summed E-state index contributed by atoms with van der Waals surface area (Å²) in [7, 11) is 0. The average Bonchev–Trinajstić information content (AvgIpc) is 3.55. The number of carbonyl (C=O) groups excluding carboxylic acids is 2. The third-order valence-electron chi connectivity index (χ3n) is 6.23. The molecule has 8 heteroatoms. The number of halogens is 1. The Morgan fingerprint density at radius 3 is 2.47 bits per heavy atom. The maximum absolute atomic E-state index is 13.8. The minimum absolute atomic E-state index is 0.0772. The quantitative estimate of drug-likeness (QED) is 0.504. The summed E-state index contributed by atoms with van der Waals surface area (Å²) in [6.45, 7) is 0.105. The summed E-state index contributed by atoms with van der Waals surface area (Å²) in [5, 5.41) is 3.73. The van der Waals surface area contributed by atoms with Gasteiger partial charge in [-0.25, -0.2) is 0 Å². The largest absolute Gasteiger partial charge is 0.459 e. The number of fused-ring (bicyclic) bond motifs is 1. The lowest BCUT2D eigenvalue weighted by molar-refractivity contribution is -0.123. The van der Waals surface area contributed by atoms with Gasteiger partial charge >= 0.3 is 0 Å². The van der Waals surface area contributed by atoms with Gasteiger partial charge < -0.3 is 19.2 Å². The Balaban J connectivity index is 1.58. The monoisotopic (exact) mass is 480 g/mol. The number of hydrogen-bond donors (Lipinski definition) is 1. The van der Waals surface area contributed by atoms with E-state index in [2.05, 4.69) is 5.32 Å². The average molecular weight is 481 g/mol. The SMILES string of the molecule is O=C(NC1CCCCC1)C(c1ccc(Cl)cc1)N(C(=O)c1ccco1)c1ccc2c(c1)OCO2. The summed E-state index contributed by atoms with van der Waals surface area (Å²) in [6, 6.07) is 14.5. The molecule has 0 spiro atoms. The summed E-state index contributed by atoms with van der Waals surface area (Å²) >= 11 is 6.13. The number of hydrogen-bond acceptors (Lipinski definition) is 5. The van der Waals surface area contributed by atoms with Gasteiger partial charge in [-0.15, -0.1) is 0 Å². The molecule has 1 N–H and O–H groups in total. The standard InChI is InChI=1S/C26H25ClN2O5/c27-18-10-8-17(9-11-18)24(25(30)28-19-5-2-1-3-6-19)29(26(31)22-7-4-14-32-22)20-12-13-21-23(15-20)34-16-33-21/h4,7-15,19,24H,1-3,5-6,16H2,(H,28,30). The van der Waals surface area contributed by atoms with Crippen molar-refractivity contribution in [2.24, 2.45) is 0 Å². The van der Waals surface area contributed by atoms with E-state index in [0.717, 1.165) is 25.7 Å². The molecule has 0 saturated heterocycles. The van der Waals surface area contributed by atoms with Crippen LogP contribution in [0.1, 0.15) is 54.3 Å². The van der Waals surface area contributed by atoms with Crippen LogP contribution in [-0.4, -0.2) is 24.6 Å². The van der Waals surface area contributed by atoms with Crippen molar-refractivity contribution < 1.29 is 23.5 Å². The Morgan fingerprint density at radius 2 is 1.74 bits per heavy atom. The second kappa shape index (κ2) is 9.81. The second-order valence-electron chi connectivity index (χ2n) is 8.49. The van der Waals surface area contributed by atoms with Gasteiger partial charge in [0.05, 0.1) is 6.26 Å². The number of carbonyl (C=O) groups is 2. The summed E-state index contributed by atoms with van der Waals surface area (Å²) in [4.78, 5) is 29.0. The molecular formula is C26H25ClN2O5. The molecule has 1 aliphatic carbocycles. The summed E-state index contributed by atoms with van der Waals surface area (Å²) in [6.07, 6.45) is 6.61. The number of furan rings is 1. The van der Waals surface area contributed by atoms with Gasteiger partial charge in [-0.3, -0.25) is 14.5 Å². The molecule has 1 fully saturated rings. The molecule has 1 aromatic heterocycles. The number of ether oxygens (including phenoxy) is 2. The lowest BCUT2D eigenvalue weighted by atomic mass is 9.94. The van der Waals surface area contributed by atoms with Crippen molar-refractivity contribution >= 4 is 29.1 Å². The first-order chi connectivity index (χ1) is 16.6. The molecule has 5 rings (SSSR count). The number of rotatable bonds is 6. The van der Waals surface area contributed by atoms with Gasteiger partial charge in [-0.1, -0.05) is 43.0 Å². The fraction of sp³-hybridized carbons (Fsp3) is 0.308. The van der Waals surface area contributed by atoms with Crippen molar-refractivity contribution in [1.29, 1.82) is 0 Å². The van der Waals surface area contributed by atoms with Crippen LogP contribution in [0.5, 0.6) is 11.5 Å². The van der Waals surface area contributed by atoms with Crippen LogP contribution in [0.4, 0.5) is 5.69 Å². The molecule has 176 valence electrons. The zero-order valence-corrected chi connectivity index (χ0v) is 19.3. The van der Waals surface area contributed by atoms with E-state index in [-0.39, 0.29) is 24.5 Å². The fourth-order valence-electron chi connectivity index (χ4n) is 4.53. The summed E-state index contributed by atoms with van der Waals surface area (Å²) in [5.41, 5.74) is 1.12. The van der Waals surface area contributed by atoms with E-state index < -0.39 is 11.9 Å². The lowest BCUT2D eigenvalue weighted by Crippen LogP contribution is -2.47. The highest BCUT2D eigenvalue weighted by atomic mass is 35.5. The summed E-state index contributed by atoms with van der Waals surface area (Å²) in [5.74, 6) is 0.526. The first kappa shape index (κ1) is 22.3. The van der Waals surface area contributed by atoms with E-state index in [1.165, 1.54) is 17.6 Å². The van der Waals surface area contributed by atoms with Crippen molar-refractivity contribution in [3.8, 4) is 11.5 Å². The minimum atomic E-state index is -0.947. The normalized spacial score (nSPS) is 16.1. The number of nitrogens with zero attached hydrogens (tertiary/aromatic N) is 1. The molecule has 1 atom stereocenters. The Labute approximate surface area is 202 Å². The van der Waals surface area contributed by atoms with Crippen LogP contribution in [0, 0.1) is 0 Å². The molecule has 34 heavy (non-hydrogen) atoms. The molecule has 7 nitrogen and oxygen atoms in total. The smallest absolute Gasteiger partial charge is 0.294 e. The van der Waals surface area contributed by atoms with Crippen LogP contribution in [0.25, 0.3) is 0 Å². The second-order valence-corrected chi connectivity index (χ2v) is 8.92. The highest BCUT2D eigenvalue weighted by molar-refractivity contribution is 6.30. The van der Waals surface area contributed by atoms with Crippen molar-refractivity contribution in [2.75, 3.05) is 11.7 Å². The van der Waals surface area contributed by atoms with Gasteiger partial charge in [0.1, 0.15) is 6.04 Å². The fourth-order valence-corrected chi connectivity index (χ4v) is 4.65. The molecular weight excluding hydrogens is 456 g/mol. The molecule has 2 amide bonds. The van der Waals surface area contributed by atoms with E-state index >= 15 is 0 Å². The molecule has 0 bridgehead atoms. The van der Waals surface area contributed by atoms with Crippen molar-refractivity contribution in [3.05, 3.63) is 77.2 Å². The van der Waals surface area contributed by atoms with E-state index in [1.807, 2.05) is 0 Å². The van der Waals surface area contributed by atoms with Crippen molar-refractivity contribution in [3.63, 3.8) is 0 Å². The molecule has 1 aliphatic heterocycles. The van der Waals surface area contributed by atoms with Crippen molar-refractivity contribution in [1.82, 2.24) is 5.32 Å². The van der Waals surface area contributed by atoms with Crippen LogP contribution in [-0.2, 0) is 4.79 Å². The van der Waals surface area contributed by atoms with Crippen LogP contribution in [0.2, 0.25) is 5.02 Å². The Morgan fingerprint density at radius 1 is 0.971 bits per heavy atom. The first-order valence-electron chi connectivity index (χ1n) is 11.4. The molecule has 3 aromatic rings. The van der Waals surface area contributed by atoms with Gasteiger partial charge in [0, 0.05) is 22.8 Å². The number of nitrogens with one attached hydrogen (secondary N) is 1. The Hall–Kier alpha value is -3.45. The zero-order chi connectivity index (χ0) is 23.5. The van der Waals surface area contributed by atoms with Crippen molar-refractivity contribution in [2.45, 2.75) is 44.2 Å². The number of benzene rings is 2. The maximum atomic E-state index is 13.8. The molecule has 2 aromatic carbocycles. The van der Waals surface area contributed by atoms with Crippen LogP contribution >= 0.6 is 11.6 Å². The van der Waals surface area contributed by atoms with E-state index in [4.69, 9.17) is 25.5 Å². The van der Waals surface area contributed by atoms with Crippen LogP contribution < -0.4 is 19.7 Å². The molecule has 0 radical (unpaired) electrons. The molecule has 2 heterocycles. The molecule has 1 saturated carbocycles. The lowest BCUT2D eigenvalue weighted by Gasteiger charge is -2.33. The van der Waals surface area contributed by atoms with Gasteiger partial charge in [0.15, 0.2) is 17.3 Å².